The topological polar surface area (TPSA) is 55.8 Å². The molecule has 1 amide bonds. The molecule has 1 heterocycles. The van der Waals surface area contributed by atoms with Crippen LogP contribution in [-0.4, -0.2) is 56.1 Å². The van der Waals surface area contributed by atoms with Crippen LogP contribution in [0.3, 0.4) is 0 Å². The molecule has 1 fully saturated rings. The van der Waals surface area contributed by atoms with E-state index in [9.17, 15) is 9.59 Å². The first-order valence-electron chi connectivity index (χ1n) is 5.03. The van der Waals surface area contributed by atoms with Gasteiger partial charge in [-0.15, -0.1) is 0 Å². The van der Waals surface area contributed by atoms with Crippen molar-refractivity contribution in [1.82, 2.24) is 4.90 Å². The largest absolute Gasteiger partial charge is 0.384 e. The molecule has 1 aliphatic heterocycles. The van der Waals surface area contributed by atoms with Crippen LogP contribution in [0.15, 0.2) is 0 Å². The summed E-state index contributed by atoms with van der Waals surface area (Å²) in [7, 11) is 1.55. The van der Waals surface area contributed by atoms with Crippen molar-refractivity contribution in [2.45, 2.75) is 19.4 Å². The van der Waals surface area contributed by atoms with E-state index in [1.807, 2.05) is 0 Å². The van der Waals surface area contributed by atoms with E-state index in [0.717, 1.165) is 0 Å². The van der Waals surface area contributed by atoms with E-state index in [0.29, 0.717) is 32.8 Å². The Labute approximate surface area is 89.3 Å². The molecule has 5 heteroatoms. The molecule has 0 aliphatic carbocycles. The van der Waals surface area contributed by atoms with Crippen LogP contribution in [0.4, 0.5) is 0 Å². The zero-order valence-electron chi connectivity index (χ0n) is 9.19. The molecule has 0 saturated carbocycles. The Bertz CT molecular complexity index is 242. The Morgan fingerprint density at radius 1 is 1.53 bits per heavy atom. The highest BCUT2D eigenvalue weighted by molar-refractivity contribution is 5.87. The molecule has 1 unspecified atom stereocenters. The lowest BCUT2D eigenvalue weighted by Crippen LogP contribution is -2.52. The van der Waals surface area contributed by atoms with Crippen molar-refractivity contribution in [3.8, 4) is 0 Å². The third kappa shape index (κ3) is 3.28. The lowest BCUT2D eigenvalue weighted by Gasteiger charge is -2.34. The summed E-state index contributed by atoms with van der Waals surface area (Å²) in [6.07, 6.45) is 0.320. The molecule has 0 aromatic rings. The summed E-state index contributed by atoms with van der Waals surface area (Å²) in [6.45, 7) is 3.18. The Hall–Kier alpha value is -0.940. The van der Waals surface area contributed by atoms with Crippen molar-refractivity contribution < 1.29 is 19.1 Å². The summed E-state index contributed by atoms with van der Waals surface area (Å²) in [5.41, 5.74) is 0. The van der Waals surface area contributed by atoms with Gasteiger partial charge in [-0.2, -0.15) is 0 Å². The van der Waals surface area contributed by atoms with Gasteiger partial charge in [0.05, 0.1) is 26.2 Å². The minimum atomic E-state index is -0.414. The molecule has 5 nitrogen and oxygen atoms in total. The first-order valence-corrected chi connectivity index (χ1v) is 5.03. The summed E-state index contributed by atoms with van der Waals surface area (Å²) < 4.78 is 10.0. The van der Waals surface area contributed by atoms with E-state index in [1.165, 1.54) is 6.92 Å². The van der Waals surface area contributed by atoms with Crippen LogP contribution >= 0.6 is 0 Å². The number of methoxy groups -OCH3 is 1. The number of carbonyl (C=O) groups excluding carboxylic acids is 2. The van der Waals surface area contributed by atoms with Crippen LogP contribution in [0.1, 0.15) is 13.3 Å². The predicted molar refractivity (Wildman–Crippen MR) is 53.5 cm³/mol. The highest BCUT2D eigenvalue weighted by atomic mass is 16.5. The van der Waals surface area contributed by atoms with E-state index in [4.69, 9.17) is 9.47 Å². The van der Waals surface area contributed by atoms with Gasteiger partial charge in [0.25, 0.3) is 0 Å². The number of morpholine rings is 1. The Morgan fingerprint density at radius 2 is 2.27 bits per heavy atom. The van der Waals surface area contributed by atoms with Gasteiger partial charge in [0, 0.05) is 13.7 Å². The van der Waals surface area contributed by atoms with E-state index < -0.39 is 6.04 Å². The van der Waals surface area contributed by atoms with Gasteiger partial charge in [-0.25, -0.2) is 0 Å². The highest BCUT2D eigenvalue weighted by Crippen LogP contribution is 2.09. The molecule has 0 bridgehead atoms. The minimum absolute atomic E-state index is 0.0273. The van der Waals surface area contributed by atoms with Crippen LogP contribution in [0.5, 0.6) is 0 Å². The fourth-order valence-electron chi connectivity index (χ4n) is 1.57. The number of ketones is 1. The molecule has 0 spiro atoms. The maximum atomic E-state index is 11.7. The molecule has 1 saturated heterocycles. The summed E-state index contributed by atoms with van der Waals surface area (Å²) in [6, 6.07) is -0.414. The molecule has 1 aliphatic rings. The second-order valence-corrected chi connectivity index (χ2v) is 3.53. The Kier molecular flexibility index (Phi) is 4.71. The fourth-order valence-corrected chi connectivity index (χ4v) is 1.57. The summed E-state index contributed by atoms with van der Waals surface area (Å²) >= 11 is 0. The third-order valence-corrected chi connectivity index (χ3v) is 2.44. The quantitative estimate of drug-likeness (QED) is 0.654. The maximum absolute atomic E-state index is 11.7. The third-order valence-electron chi connectivity index (χ3n) is 2.44. The molecule has 0 radical (unpaired) electrons. The molecular weight excluding hydrogens is 198 g/mol. The zero-order chi connectivity index (χ0) is 11.3. The van der Waals surface area contributed by atoms with Crippen LogP contribution in [0.25, 0.3) is 0 Å². The molecule has 1 rings (SSSR count). The van der Waals surface area contributed by atoms with Gasteiger partial charge in [-0.1, -0.05) is 0 Å². The van der Waals surface area contributed by atoms with Gasteiger partial charge >= 0.3 is 0 Å². The number of carbonyl (C=O) groups is 2. The lowest BCUT2D eigenvalue weighted by atomic mass is 10.1. The van der Waals surface area contributed by atoms with Gasteiger partial charge in [-0.3, -0.25) is 9.59 Å². The molecule has 86 valence electrons. The highest BCUT2D eigenvalue weighted by Gasteiger charge is 2.29. The molecule has 15 heavy (non-hydrogen) atoms. The second kappa shape index (κ2) is 5.82. The average Bonchev–Trinajstić information content (AvgIpc) is 2.25. The van der Waals surface area contributed by atoms with Crippen LogP contribution in [0.2, 0.25) is 0 Å². The number of nitrogens with zero attached hydrogens (tertiary/aromatic N) is 1. The first kappa shape index (κ1) is 12.1. The number of ether oxygens (including phenoxy) is 2. The van der Waals surface area contributed by atoms with Gasteiger partial charge in [0.15, 0.2) is 5.78 Å². The normalized spacial score (nSPS) is 21.5. The number of amides is 1. The average molecular weight is 215 g/mol. The van der Waals surface area contributed by atoms with Crippen molar-refractivity contribution >= 4 is 11.7 Å². The van der Waals surface area contributed by atoms with Crippen LogP contribution in [-0.2, 0) is 19.1 Å². The molecule has 0 N–H and O–H groups in total. The molecule has 0 aromatic carbocycles. The number of Topliss-reactive ketones (excluding diaryl/α,β-unsaturated/α-hetero) is 1. The monoisotopic (exact) mass is 215 g/mol. The fraction of sp³-hybridized carbons (Fsp3) is 0.800. The van der Waals surface area contributed by atoms with Gasteiger partial charge in [-0.05, 0) is 6.92 Å². The van der Waals surface area contributed by atoms with Gasteiger partial charge in [0.1, 0.15) is 6.04 Å². The minimum Gasteiger partial charge on any atom is -0.384 e. The van der Waals surface area contributed by atoms with Crippen molar-refractivity contribution in [1.29, 1.82) is 0 Å². The van der Waals surface area contributed by atoms with Gasteiger partial charge in [0.2, 0.25) is 5.91 Å². The zero-order valence-corrected chi connectivity index (χ0v) is 9.19. The van der Waals surface area contributed by atoms with Crippen LogP contribution < -0.4 is 0 Å². The van der Waals surface area contributed by atoms with E-state index >= 15 is 0 Å². The summed E-state index contributed by atoms with van der Waals surface area (Å²) in [5.74, 6) is -0.0687. The summed E-state index contributed by atoms with van der Waals surface area (Å²) in [5, 5.41) is 0. The Balaban J connectivity index is 2.55. The van der Waals surface area contributed by atoms with Crippen molar-refractivity contribution in [3.63, 3.8) is 0 Å². The number of hydrogen-bond acceptors (Lipinski definition) is 4. The molecular formula is C10H17NO4. The number of hydrogen-bond donors (Lipinski definition) is 0. The van der Waals surface area contributed by atoms with E-state index in [2.05, 4.69) is 0 Å². The Morgan fingerprint density at radius 3 is 2.87 bits per heavy atom. The smallest absolute Gasteiger partial charge is 0.225 e. The van der Waals surface area contributed by atoms with Crippen LogP contribution in [0, 0.1) is 0 Å². The lowest BCUT2D eigenvalue weighted by molar-refractivity contribution is -0.147. The second-order valence-electron chi connectivity index (χ2n) is 3.53. The standard InChI is InChI=1S/C10H17NO4/c1-8(12)9-7-15-6-4-11(9)10(13)3-5-14-2/h9H,3-7H2,1-2H3. The number of rotatable bonds is 4. The van der Waals surface area contributed by atoms with Crippen molar-refractivity contribution in [2.75, 3.05) is 33.5 Å². The van der Waals surface area contributed by atoms with E-state index in [1.54, 1.807) is 12.0 Å². The SMILES string of the molecule is COCCC(=O)N1CCOCC1C(C)=O. The van der Waals surface area contributed by atoms with Crippen molar-refractivity contribution in [3.05, 3.63) is 0 Å². The molecule has 1 atom stereocenters. The van der Waals surface area contributed by atoms with Crippen molar-refractivity contribution in [2.24, 2.45) is 0 Å². The first-order chi connectivity index (χ1) is 7.16. The molecule has 0 aromatic heterocycles. The maximum Gasteiger partial charge on any atom is 0.225 e. The predicted octanol–water partition coefficient (Wildman–Crippen LogP) is -0.161. The van der Waals surface area contributed by atoms with E-state index in [-0.39, 0.29) is 11.7 Å². The van der Waals surface area contributed by atoms with Gasteiger partial charge < -0.3 is 14.4 Å². The summed E-state index contributed by atoms with van der Waals surface area (Å²) in [4.78, 5) is 24.6.